The van der Waals surface area contributed by atoms with E-state index in [1.54, 1.807) is 7.11 Å². The first-order chi connectivity index (χ1) is 10.9. The van der Waals surface area contributed by atoms with Gasteiger partial charge in [-0.25, -0.2) is 0 Å². The Balaban J connectivity index is 2.10. The summed E-state index contributed by atoms with van der Waals surface area (Å²) in [6.07, 6.45) is 1.89. The zero-order valence-electron chi connectivity index (χ0n) is 14.8. The summed E-state index contributed by atoms with van der Waals surface area (Å²) < 4.78 is 11.5. The predicted molar refractivity (Wildman–Crippen MR) is 92.2 cm³/mol. The fourth-order valence-corrected chi connectivity index (χ4v) is 3.04. The molecule has 0 bridgehead atoms. The number of hydrogen-bond acceptors (Lipinski definition) is 5. The van der Waals surface area contributed by atoms with Crippen LogP contribution >= 0.6 is 0 Å². The molecular formula is C18H30N2O3. The molecule has 0 aromatic heterocycles. The number of methoxy groups -OCH3 is 1. The number of likely N-dealkylation sites (tertiary alicyclic amines) is 1. The zero-order valence-corrected chi connectivity index (χ0v) is 14.8. The van der Waals surface area contributed by atoms with Gasteiger partial charge in [0.25, 0.3) is 0 Å². The molecule has 1 heterocycles. The van der Waals surface area contributed by atoms with Gasteiger partial charge in [-0.1, -0.05) is 12.1 Å². The Morgan fingerprint density at radius 2 is 2.13 bits per heavy atom. The van der Waals surface area contributed by atoms with Crippen molar-refractivity contribution < 1.29 is 14.6 Å². The lowest BCUT2D eigenvalue weighted by atomic mass is 9.95. The van der Waals surface area contributed by atoms with E-state index < -0.39 is 5.60 Å². The van der Waals surface area contributed by atoms with Gasteiger partial charge in [0.15, 0.2) is 11.5 Å². The Labute approximate surface area is 139 Å². The second-order valence-corrected chi connectivity index (χ2v) is 6.91. The number of likely N-dealkylation sites (N-methyl/N-ethyl adjacent to an activating group) is 1. The number of para-hydroxylation sites is 1. The van der Waals surface area contributed by atoms with Gasteiger partial charge in [-0.2, -0.15) is 0 Å². The van der Waals surface area contributed by atoms with Crippen LogP contribution in [0.2, 0.25) is 0 Å². The monoisotopic (exact) mass is 322 g/mol. The van der Waals surface area contributed by atoms with Crippen molar-refractivity contribution in [2.45, 2.75) is 31.9 Å². The minimum absolute atomic E-state index is 0.594. The van der Waals surface area contributed by atoms with Crippen molar-refractivity contribution in [3.8, 4) is 11.5 Å². The molecule has 0 aliphatic carbocycles. The molecule has 2 rings (SSSR count). The maximum Gasteiger partial charge on any atom is 0.165 e. The summed E-state index contributed by atoms with van der Waals surface area (Å²) in [6, 6.07) is 6.01. The SMILES string of the molecule is COc1cccc(CN2CCC[C@](C)(O)C2)c1OCCN(C)C. The molecule has 23 heavy (non-hydrogen) atoms. The highest BCUT2D eigenvalue weighted by molar-refractivity contribution is 5.46. The third-order valence-electron chi connectivity index (χ3n) is 4.21. The quantitative estimate of drug-likeness (QED) is 0.832. The van der Waals surface area contributed by atoms with Crippen molar-refractivity contribution in [1.82, 2.24) is 9.80 Å². The van der Waals surface area contributed by atoms with Gasteiger partial charge in [0.05, 0.1) is 12.7 Å². The summed E-state index contributed by atoms with van der Waals surface area (Å²) in [6.45, 7) is 5.86. The number of rotatable bonds is 7. The molecule has 1 aromatic carbocycles. The largest absolute Gasteiger partial charge is 0.493 e. The van der Waals surface area contributed by atoms with Gasteiger partial charge >= 0.3 is 0 Å². The van der Waals surface area contributed by atoms with Crippen molar-refractivity contribution in [3.63, 3.8) is 0 Å². The number of piperidine rings is 1. The molecule has 0 unspecified atom stereocenters. The molecule has 130 valence electrons. The fourth-order valence-electron chi connectivity index (χ4n) is 3.04. The summed E-state index contributed by atoms with van der Waals surface area (Å²) >= 11 is 0. The molecule has 0 spiro atoms. The van der Waals surface area contributed by atoms with Gasteiger partial charge in [-0.3, -0.25) is 4.90 Å². The Morgan fingerprint density at radius 1 is 1.35 bits per heavy atom. The lowest BCUT2D eigenvalue weighted by molar-refractivity contribution is -0.0183. The number of ether oxygens (including phenoxy) is 2. The van der Waals surface area contributed by atoms with Crippen LogP contribution in [0, 0.1) is 0 Å². The molecule has 1 N–H and O–H groups in total. The third kappa shape index (κ3) is 5.37. The first-order valence-corrected chi connectivity index (χ1v) is 8.29. The van der Waals surface area contributed by atoms with Crippen LogP contribution in [0.3, 0.4) is 0 Å². The molecule has 1 aliphatic heterocycles. The number of benzene rings is 1. The van der Waals surface area contributed by atoms with E-state index in [1.165, 1.54) is 0 Å². The average molecular weight is 322 g/mol. The van der Waals surface area contributed by atoms with Gasteiger partial charge < -0.3 is 19.5 Å². The first-order valence-electron chi connectivity index (χ1n) is 8.29. The maximum atomic E-state index is 10.3. The Bertz CT molecular complexity index is 503. The van der Waals surface area contributed by atoms with Crippen molar-refractivity contribution >= 4 is 0 Å². The van der Waals surface area contributed by atoms with Gasteiger partial charge in [0, 0.05) is 25.2 Å². The van der Waals surface area contributed by atoms with Crippen molar-refractivity contribution in [2.75, 3.05) is 47.4 Å². The molecule has 0 saturated carbocycles. The highest BCUT2D eigenvalue weighted by Crippen LogP contribution is 2.33. The number of hydrogen-bond donors (Lipinski definition) is 1. The summed E-state index contributed by atoms with van der Waals surface area (Å²) in [4.78, 5) is 4.38. The molecule has 1 saturated heterocycles. The van der Waals surface area contributed by atoms with Gasteiger partial charge in [0.2, 0.25) is 0 Å². The molecule has 0 amide bonds. The summed E-state index contributed by atoms with van der Waals surface area (Å²) in [7, 11) is 5.73. The minimum Gasteiger partial charge on any atom is -0.493 e. The van der Waals surface area contributed by atoms with Crippen LogP contribution in [0.5, 0.6) is 11.5 Å². The van der Waals surface area contributed by atoms with Crippen LogP contribution in [0.25, 0.3) is 0 Å². The number of aliphatic hydroxyl groups is 1. The van der Waals surface area contributed by atoms with Crippen LogP contribution in [-0.2, 0) is 6.54 Å². The van der Waals surface area contributed by atoms with E-state index in [-0.39, 0.29) is 0 Å². The Kier molecular flexibility index (Phi) is 6.27. The topological polar surface area (TPSA) is 45.2 Å². The van der Waals surface area contributed by atoms with E-state index in [2.05, 4.69) is 15.9 Å². The lowest BCUT2D eigenvalue weighted by Crippen LogP contribution is -2.45. The molecule has 1 fully saturated rings. The fraction of sp³-hybridized carbons (Fsp3) is 0.667. The van der Waals surface area contributed by atoms with Crippen LogP contribution in [0.1, 0.15) is 25.3 Å². The molecule has 1 aliphatic rings. The number of nitrogens with zero attached hydrogens (tertiary/aromatic N) is 2. The van der Waals surface area contributed by atoms with E-state index in [0.717, 1.165) is 49.5 Å². The van der Waals surface area contributed by atoms with Crippen LogP contribution in [0.4, 0.5) is 0 Å². The van der Waals surface area contributed by atoms with E-state index in [0.29, 0.717) is 13.2 Å². The molecular weight excluding hydrogens is 292 g/mol. The smallest absolute Gasteiger partial charge is 0.165 e. The minimum atomic E-state index is -0.594. The van der Waals surface area contributed by atoms with Crippen LogP contribution in [-0.4, -0.2) is 68.0 Å². The normalized spacial score (nSPS) is 22.3. The summed E-state index contributed by atoms with van der Waals surface area (Å²) in [5.74, 6) is 1.59. The highest BCUT2D eigenvalue weighted by Gasteiger charge is 2.28. The summed E-state index contributed by atoms with van der Waals surface area (Å²) in [5, 5.41) is 10.3. The van der Waals surface area contributed by atoms with E-state index in [9.17, 15) is 5.11 Å². The lowest BCUT2D eigenvalue weighted by Gasteiger charge is -2.37. The standard InChI is InChI=1S/C18H30N2O3/c1-18(21)9-6-10-20(14-18)13-15-7-5-8-16(22-4)17(15)23-12-11-19(2)3/h5,7-8,21H,6,9-14H2,1-4H3/t18-/m0/s1. The van der Waals surface area contributed by atoms with Crippen LogP contribution in [0.15, 0.2) is 18.2 Å². The molecule has 1 atom stereocenters. The molecule has 5 nitrogen and oxygen atoms in total. The Hall–Kier alpha value is -1.30. The van der Waals surface area contributed by atoms with Gasteiger partial charge in [0.1, 0.15) is 6.61 Å². The second-order valence-electron chi connectivity index (χ2n) is 6.91. The average Bonchev–Trinajstić information content (AvgIpc) is 2.47. The highest BCUT2D eigenvalue weighted by atomic mass is 16.5. The number of β-amino-alcohol motifs (C(OH)–C–C–N with tert-alkyl or cyclic N) is 1. The van der Waals surface area contributed by atoms with Crippen molar-refractivity contribution in [3.05, 3.63) is 23.8 Å². The molecule has 1 aromatic rings. The maximum absolute atomic E-state index is 10.3. The predicted octanol–water partition coefficient (Wildman–Crippen LogP) is 1.98. The summed E-state index contributed by atoms with van der Waals surface area (Å²) in [5.41, 5.74) is 0.518. The first kappa shape index (κ1) is 18.0. The van der Waals surface area contributed by atoms with Crippen LogP contribution < -0.4 is 9.47 Å². The van der Waals surface area contributed by atoms with E-state index in [1.807, 2.05) is 33.2 Å². The van der Waals surface area contributed by atoms with E-state index >= 15 is 0 Å². The van der Waals surface area contributed by atoms with E-state index in [4.69, 9.17) is 9.47 Å². The Morgan fingerprint density at radius 3 is 2.78 bits per heavy atom. The molecule has 5 heteroatoms. The zero-order chi connectivity index (χ0) is 16.9. The van der Waals surface area contributed by atoms with Gasteiger partial charge in [-0.05, 0) is 46.5 Å². The third-order valence-corrected chi connectivity index (χ3v) is 4.21. The van der Waals surface area contributed by atoms with Crippen molar-refractivity contribution in [2.24, 2.45) is 0 Å². The molecule has 0 radical (unpaired) electrons. The second kappa shape index (κ2) is 7.99. The van der Waals surface area contributed by atoms with Crippen molar-refractivity contribution in [1.29, 1.82) is 0 Å². The van der Waals surface area contributed by atoms with Gasteiger partial charge in [-0.15, -0.1) is 0 Å².